The Hall–Kier alpha value is -1.34. The Labute approximate surface area is 144 Å². The van der Waals surface area contributed by atoms with Crippen molar-refractivity contribution in [2.45, 2.75) is 39.8 Å². The molecule has 1 aromatic heterocycles. The van der Waals surface area contributed by atoms with Crippen LogP contribution in [0.5, 0.6) is 0 Å². The molecule has 0 aromatic carbocycles. The van der Waals surface area contributed by atoms with Gasteiger partial charge in [-0.05, 0) is 19.3 Å². The summed E-state index contributed by atoms with van der Waals surface area (Å²) in [6.07, 6.45) is 1.25. The lowest BCUT2D eigenvalue weighted by atomic mass is 10.0. The number of guanidine groups is 1. The van der Waals surface area contributed by atoms with E-state index in [-0.39, 0.29) is 6.10 Å². The zero-order valence-electron chi connectivity index (χ0n) is 15.2. The quantitative estimate of drug-likeness (QED) is 0.533. The van der Waals surface area contributed by atoms with Crippen molar-refractivity contribution in [3.05, 3.63) is 11.1 Å². The molecule has 0 aliphatic carbocycles. The molecular formula is C16H31N5OS. The van der Waals surface area contributed by atoms with E-state index in [0.717, 1.165) is 36.4 Å². The molecule has 0 spiro atoms. The summed E-state index contributed by atoms with van der Waals surface area (Å²) in [5, 5.41) is 9.72. The first kappa shape index (κ1) is 19.7. The average molecular weight is 342 g/mol. The molecule has 1 atom stereocenters. The third kappa shape index (κ3) is 7.18. The minimum atomic E-state index is 0.284. The Bertz CT molecular complexity index is 473. The number of nitrogens with one attached hydrogen (secondary N) is 2. The number of thiazole rings is 1. The molecule has 0 saturated carbocycles. The number of hydrogen-bond donors (Lipinski definition) is 2. The Morgan fingerprint density at radius 3 is 2.65 bits per heavy atom. The maximum atomic E-state index is 5.76. The maximum absolute atomic E-state index is 5.76. The minimum absolute atomic E-state index is 0.284. The predicted molar refractivity (Wildman–Crippen MR) is 99.5 cm³/mol. The van der Waals surface area contributed by atoms with Gasteiger partial charge in [-0.25, -0.2) is 4.98 Å². The van der Waals surface area contributed by atoms with Crippen LogP contribution in [-0.2, 0) is 11.3 Å². The van der Waals surface area contributed by atoms with Crippen molar-refractivity contribution in [1.29, 1.82) is 0 Å². The molecule has 0 radical (unpaired) electrons. The number of ether oxygens (including phenoxy) is 1. The molecule has 0 aliphatic heterocycles. The number of rotatable bonds is 9. The fraction of sp³-hybridized carbons (Fsp3) is 0.750. The highest BCUT2D eigenvalue weighted by molar-refractivity contribution is 7.13. The summed E-state index contributed by atoms with van der Waals surface area (Å²) in [6, 6.07) is 0. The normalized spacial score (nSPS) is 13.3. The van der Waals surface area contributed by atoms with Crippen molar-refractivity contribution in [3.8, 4) is 0 Å². The molecule has 0 amide bonds. The van der Waals surface area contributed by atoms with Gasteiger partial charge in [0.15, 0.2) is 11.1 Å². The molecule has 1 unspecified atom stereocenters. The number of nitrogens with zero attached hydrogens (tertiary/aromatic N) is 3. The van der Waals surface area contributed by atoms with Gasteiger partial charge in [0.2, 0.25) is 0 Å². The van der Waals surface area contributed by atoms with E-state index in [9.17, 15) is 0 Å². The van der Waals surface area contributed by atoms with E-state index in [2.05, 4.69) is 39.8 Å². The molecule has 0 bridgehead atoms. The lowest BCUT2D eigenvalue weighted by Gasteiger charge is -2.21. The predicted octanol–water partition coefficient (Wildman–Crippen LogP) is 2.33. The zero-order chi connectivity index (χ0) is 17.2. The van der Waals surface area contributed by atoms with E-state index < -0.39 is 0 Å². The van der Waals surface area contributed by atoms with Crippen LogP contribution in [0.1, 0.15) is 32.9 Å². The standard InChI is InChI=1S/C16H31N5OS/c1-7-22-14(12(2)3)8-9-18-15(17-4)19-10-13-11-23-16(20-13)21(5)6/h11-12,14H,7-10H2,1-6H3,(H2,17,18,19). The van der Waals surface area contributed by atoms with E-state index in [1.807, 2.05) is 25.9 Å². The van der Waals surface area contributed by atoms with Crippen LogP contribution in [0.4, 0.5) is 5.13 Å². The average Bonchev–Trinajstić information content (AvgIpc) is 2.98. The number of anilines is 1. The molecule has 0 aliphatic rings. The van der Waals surface area contributed by atoms with Gasteiger partial charge in [0.25, 0.3) is 0 Å². The molecule has 7 heteroatoms. The van der Waals surface area contributed by atoms with Crippen LogP contribution in [0, 0.1) is 5.92 Å². The SMILES string of the molecule is CCOC(CCNC(=NC)NCc1csc(N(C)C)n1)C(C)C. The maximum Gasteiger partial charge on any atom is 0.191 e. The minimum Gasteiger partial charge on any atom is -0.378 e. The molecule has 6 nitrogen and oxygen atoms in total. The van der Waals surface area contributed by atoms with Gasteiger partial charge in [-0.2, -0.15) is 0 Å². The van der Waals surface area contributed by atoms with E-state index in [1.165, 1.54) is 0 Å². The summed E-state index contributed by atoms with van der Waals surface area (Å²) in [6.45, 7) is 8.69. The summed E-state index contributed by atoms with van der Waals surface area (Å²) in [4.78, 5) is 10.8. The molecule has 132 valence electrons. The van der Waals surface area contributed by atoms with Crippen LogP contribution in [-0.4, -0.2) is 51.3 Å². The van der Waals surface area contributed by atoms with Gasteiger partial charge in [0.1, 0.15) is 0 Å². The number of hydrogen-bond acceptors (Lipinski definition) is 5. The van der Waals surface area contributed by atoms with Crippen LogP contribution in [0.2, 0.25) is 0 Å². The van der Waals surface area contributed by atoms with Gasteiger partial charge < -0.3 is 20.3 Å². The highest BCUT2D eigenvalue weighted by Crippen LogP contribution is 2.17. The van der Waals surface area contributed by atoms with Crippen molar-refractivity contribution in [1.82, 2.24) is 15.6 Å². The van der Waals surface area contributed by atoms with E-state index in [0.29, 0.717) is 12.5 Å². The molecule has 2 N–H and O–H groups in total. The Kier molecular flexibility index (Phi) is 8.94. The smallest absolute Gasteiger partial charge is 0.191 e. The highest BCUT2D eigenvalue weighted by atomic mass is 32.1. The summed E-state index contributed by atoms with van der Waals surface area (Å²) in [5.74, 6) is 1.31. The first-order valence-corrected chi connectivity index (χ1v) is 9.03. The third-order valence-electron chi connectivity index (χ3n) is 3.43. The van der Waals surface area contributed by atoms with Crippen molar-refractivity contribution >= 4 is 22.4 Å². The van der Waals surface area contributed by atoms with Gasteiger partial charge in [0.05, 0.1) is 18.3 Å². The molecule has 0 fully saturated rings. The molecule has 23 heavy (non-hydrogen) atoms. The molecule has 1 heterocycles. The lowest BCUT2D eigenvalue weighted by Crippen LogP contribution is -2.39. The van der Waals surface area contributed by atoms with Crippen molar-refractivity contribution in [2.75, 3.05) is 39.2 Å². The topological polar surface area (TPSA) is 61.8 Å². The first-order valence-electron chi connectivity index (χ1n) is 8.15. The number of aliphatic imine (C=N–C) groups is 1. The molecule has 0 saturated heterocycles. The molecular weight excluding hydrogens is 310 g/mol. The largest absolute Gasteiger partial charge is 0.378 e. The Morgan fingerprint density at radius 2 is 2.13 bits per heavy atom. The van der Waals surface area contributed by atoms with Gasteiger partial charge >= 0.3 is 0 Å². The second kappa shape index (κ2) is 10.4. The summed E-state index contributed by atoms with van der Waals surface area (Å²) < 4.78 is 5.76. The van der Waals surface area contributed by atoms with Gasteiger partial charge in [-0.1, -0.05) is 13.8 Å². The van der Waals surface area contributed by atoms with Crippen molar-refractivity contribution in [2.24, 2.45) is 10.9 Å². The van der Waals surface area contributed by atoms with E-state index in [4.69, 9.17) is 4.74 Å². The van der Waals surface area contributed by atoms with E-state index >= 15 is 0 Å². The zero-order valence-corrected chi connectivity index (χ0v) is 16.0. The Morgan fingerprint density at radius 1 is 1.39 bits per heavy atom. The van der Waals surface area contributed by atoms with Crippen LogP contribution in [0.25, 0.3) is 0 Å². The second-order valence-corrected chi connectivity index (χ2v) is 6.73. The monoisotopic (exact) mass is 341 g/mol. The summed E-state index contributed by atoms with van der Waals surface area (Å²) in [7, 11) is 5.78. The summed E-state index contributed by atoms with van der Waals surface area (Å²) >= 11 is 1.65. The molecule has 1 aromatic rings. The van der Waals surface area contributed by atoms with Crippen molar-refractivity contribution < 1.29 is 4.74 Å². The van der Waals surface area contributed by atoms with Gasteiger partial charge in [-0.3, -0.25) is 4.99 Å². The van der Waals surface area contributed by atoms with Crippen LogP contribution >= 0.6 is 11.3 Å². The number of aromatic nitrogens is 1. The second-order valence-electron chi connectivity index (χ2n) is 5.89. The Balaban J connectivity index is 2.36. The van der Waals surface area contributed by atoms with Gasteiger partial charge in [-0.15, -0.1) is 11.3 Å². The van der Waals surface area contributed by atoms with Crippen LogP contribution in [0.15, 0.2) is 10.4 Å². The third-order valence-corrected chi connectivity index (χ3v) is 4.49. The highest BCUT2D eigenvalue weighted by Gasteiger charge is 2.13. The summed E-state index contributed by atoms with van der Waals surface area (Å²) in [5.41, 5.74) is 1.02. The van der Waals surface area contributed by atoms with Gasteiger partial charge in [0, 0.05) is 39.7 Å². The fourth-order valence-corrected chi connectivity index (χ4v) is 2.89. The van der Waals surface area contributed by atoms with E-state index in [1.54, 1.807) is 18.4 Å². The fourth-order valence-electron chi connectivity index (χ4n) is 2.13. The first-order chi connectivity index (χ1) is 11.0. The van der Waals surface area contributed by atoms with Crippen LogP contribution < -0.4 is 15.5 Å². The van der Waals surface area contributed by atoms with Crippen molar-refractivity contribution in [3.63, 3.8) is 0 Å². The van der Waals surface area contributed by atoms with Crippen LogP contribution in [0.3, 0.4) is 0 Å². The lowest BCUT2D eigenvalue weighted by molar-refractivity contribution is 0.0258. The molecule has 1 rings (SSSR count).